The van der Waals surface area contributed by atoms with Gasteiger partial charge in [0.15, 0.2) is 0 Å². The van der Waals surface area contributed by atoms with Crippen molar-refractivity contribution in [2.45, 2.75) is 27.2 Å². The van der Waals surface area contributed by atoms with E-state index in [4.69, 9.17) is 0 Å². The zero-order valence-electron chi connectivity index (χ0n) is 17.0. The number of likely N-dealkylation sites (tertiary alicyclic amines) is 1. The van der Waals surface area contributed by atoms with Crippen LogP contribution in [0.2, 0.25) is 0 Å². The van der Waals surface area contributed by atoms with Gasteiger partial charge >= 0.3 is 0 Å². The summed E-state index contributed by atoms with van der Waals surface area (Å²) in [5.41, 5.74) is 3.58. The molecular formula is C24H25BrN2O2. The quantitative estimate of drug-likeness (QED) is 0.613. The Labute approximate surface area is 180 Å². The second-order valence-corrected chi connectivity index (χ2v) is 9.28. The minimum atomic E-state index is -0.248. The molecule has 4 nitrogen and oxygen atoms in total. The van der Waals surface area contributed by atoms with Crippen molar-refractivity contribution in [2.24, 2.45) is 11.8 Å². The molecule has 2 aromatic rings. The number of aryl methyl sites for hydroxylation is 1. The van der Waals surface area contributed by atoms with Gasteiger partial charge in [0, 0.05) is 17.6 Å². The number of halogens is 1. The van der Waals surface area contributed by atoms with Gasteiger partial charge in [-0.25, -0.2) is 4.90 Å². The second kappa shape index (κ2) is 7.79. The highest BCUT2D eigenvalue weighted by atomic mass is 79.9. The highest BCUT2D eigenvalue weighted by molar-refractivity contribution is 9.10. The van der Waals surface area contributed by atoms with Crippen molar-refractivity contribution in [2.75, 3.05) is 18.0 Å². The summed E-state index contributed by atoms with van der Waals surface area (Å²) in [6.07, 6.45) is 1.14. The molecule has 2 aromatic carbocycles. The SMILES string of the molecule is Cc1ccc(C2=C(N3CC(C)CC(C)C3)C(=O)N(c3ccc(Br)cc3)C2=O)cc1. The fraction of sp³-hybridized carbons (Fsp3) is 0.333. The van der Waals surface area contributed by atoms with Crippen LogP contribution in [-0.4, -0.2) is 29.8 Å². The van der Waals surface area contributed by atoms with Gasteiger partial charge in [0.2, 0.25) is 0 Å². The summed E-state index contributed by atoms with van der Waals surface area (Å²) in [5, 5.41) is 0. The Morgan fingerprint density at radius 2 is 1.45 bits per heavy atom. The molecule has 1 fully saturated rings. The van der Waals surface area contributed by atoms with Crippen molar-refractivity contribution in [1.82, 2.24) is 4.90 Å². The molecule has 29 heavy (non-hydrogen) atoms. The number of carbonyl (C=O) groups excluding carboxylic acids is 2. The summed E-state index contributed by atoms with van der Waals surface area (Å²) in [5.74, 6) is 0.488. The normalized spacial score (nSPS) is 22.6. The number of hydrogen-bond donors (Lipinski definition) is 0. The number of imide groups is 1. The third kappa shape index (κ3) is 3.76. The van der Waals surface area contributed by atoms with Gasteiger partial charge in [-0.05, 0) is 55.0 Å². The molecule has 0 aromatic heterocycles. The molecule has 2 atom stereocenters. The number of benzene rings is 2. The molecule has 2 heterocycles. The van der Waals surface area contributed by atoms with Crippen LogP contribution in [0.4, 0.5) is 5.69 Å². The second-order valence-electron chi connectivity index (χ2n) is 8.36. The summed E-state index contributed by atoms with van der Waals surface area (Å²) < 4.78 is 0.908. The van der Waals surface area contributed by atoms with Crippen LogP contribution in [0.5, 0.6) is 0 Å². The molecule has 0 radical (unpaired) electrons. The molecule has 1 saturated heterocycles. The van der Waals surface area contributed by atoms with Gasteiger partial charge in [-0.15, -0.1) is 0 Å². The largest absolute Gasteiger partial charge is 0.366 e. The predicted molar refractivity (Wildman–Crippen MR) is 119 cm³/mol. The van der Waals surface area contributed by atoms with E-state index in [0.717, 1.165) is 35.1 Å². The van der Waals surface area contributed by atoms with Gasteiger partial charge in [0.25, 0.3) is 11.8 Å². The molecule has 0 aliphatic carbocycles. The van der Waals surface area contributed by atoms with Crippen molar-refractivity contribution in [3.63, 3.8) is 0 Å². The van der Waals surface area contributed by atoms with E-state index in [-0.39, 0.29) is 11.8 Å². The maximum atomic E-state index is 13.6. The van der Waals surface area contributed by atoms with Crippen LogP contribution >= 0.6 is 15.9 Å². The van der Waals surface area contributed by atoms with Gasteiger partial charge in [0.1, 0.15) is 5.70 Å². The molecular weight excluding hydrogens is 428 g/mol. The Bertz CT molecular complexity index is 969. The van der Waals surface area contributed by atoms with Crippen molar-refractivity contribution in [1.29, 1.82) is 0 Å². The molecule has 150 valence electrons. The number of hydrogen-bond acceptors (Lipinski definition) is 3. The van der Waals surface area contributed by atoms with Gasteiger partial charge in [0.05, 0.1) is 11.3 Å². The van der Waals surface area contributed by atoms with Crippen molar-refractivity contribution < 1.29 is 9.59 Å². The van der Waals surface area contributed by atoms with E-state index in [2.05, 4.69) is 34.7 Å². The fourth-order valence-electron chi connectivity index (χ4n) is 4.46. The van der Waals surface area contributed by atoms with Crippen molar-refractivity contribution >= 4 is 39.0 Å². The van der Waals surface area contributed by atoms with Crippen molar-refractivity contribution in [3.8, 4) is 0 Å². The lowest BCUT2D eigenvalue weighted by Gasteiger charge is -2.37. The van der Waals surface area contributed by atoms with Crippen LogP contribution in [0.25, 0.3) is 5.57 Å². The van der Waals surface area contributed by atoms with Gasteiger partial charge in [-0.1, -0.05) is 59.6 Å². The molecule has 0 bridgehead atoms. The number of rotatable bonds is 3. The highest BCUT2D eigenvalue weighted by Gasteiger charge is 2.43. The first kappa shape index (κ1) is 19.9. The zero-order valence-corrected chi connectivity index (χ0v) is 18.6. The molecule has 0 N–H and O–H groups in total. The van der Waals surface area contributed by atoms with Gasteiger partial charge in [-0.3, -0.25) is 9.59 Å². The fourth-order valence-corrected chi connectivity index (χ4v) is 4.73. The number of anilines is 1. The average Bonchev–Trinajstić information content (AvgIpc) is 2.93. The maximum absolute atomic E-state index is 13.6. The van der Waals surface area contributed by atoms with E-state index in [0.29, 0.717) is 28.8 Å². The Balaban J connectivity index is 1.82. The third-order valence-electron chi connectivity index (χ3n) is 5.67. The van der Waals surface area contributed by atoms with E-state index in [9.17, 15) is 9.59 Å². The van der Waals surface area contributed by atoms with Crippen LogP contribution in [0.3, 0.4) is 0 Å². The summed E-state index contributed by atoms with van der Waals surface area (Å²) in [7, 11) is 0. The maximum Gasteiger partial charge on any atom is 0.282 e. The number of carbonyl (C=O) groups is 2. The Morgan fingerprint density at radius 3 is 2.03 bits per heavy atom. The molecule has 0 saturated carbocycles. The highest BCUT2D eigenvalue weighted by Crippen LogP contribution is 2.37. The molecule has 2 aliphatic heterocycles. The Kier molecular flexibility index (Phi) is 5.34. The number of piperidine rings is 1. The van der Waals surface area contributed by atoms with E-state index in [1.165, 1.54) is 4.90 Å². The summed E-state index contributed by atoms with van der Waals surface area (Å²) in [4.78, 5) is 30.5. The van der Waals surface area contributed by atoms with E-state index >= 15 is 0 Å². The first-order valence-corrected chi connectivity index (χ1v) is 10.8. The van der Waals surface area contributed by atoms with Gasteiger partial charge in [-0.2, -0.15) is 0 Å². The van der Waals surface area contributed by atoms with E-state index in [1.807, 2.05) is 43.3 Å². The monoisotopic (exact) mass is 452 g/mol. The standard InChI is InChI=1S/C24H25BrN2O2/c1-15-4-6-18(7-5-15)21-22(26-13-16(2)12-17(3)14-26)24(29)27(23(21)28)20-10-8-19(25)9-11-20/h4-11,16-17H,12-14H2,1-3H3. The number of amides is 2. The lowest BCUT2D eigenvalue weighted by Crippen LogP contribution is -2.42. The van der Waals surface area contributed by atoms with Crippen LogP contribution in [0.1, 0.15) is 31.4 Å². The van der Waals surface area contributed by atoms with Crippen LogP contribution in [-0.2, 0) is 9.59 Å². The van der Waals surface area contributed by atoms with Crippen molar-refractivity contribution in [3.05, 3.63) is 69.8 Å². The van der Waals surface area contributed by atoms with E-state index < -0.39 is 0 Å². The molecule has 0 spiro atoms. The van der Waals surface area contributed by atoms with E-state index in [1.54, 1.807) is 12.1 Å². The average molecular weight is 453 g/mol. The number of nitrogens with zero attached hydrogens (tertiary/aromatic N) is 2. The molecule has 2 amide bonds. The lowest BCUT2D eigenvalue weighted by molar-refractivity contribution is -0.120. The topological polar surface area (TPSA) is 40.6 Å². The Morgan fingerprint density at radius 1 is 0.862 bits per heavy atom. The molecule has 2 aliphatic rings. The van der Waals surface area contributed by atoms with Crippen LogP contribution < -0.4 is 4.90 Å². The zero-order chi connectivity index (χ0) is 20.7. The third-order valence-corrected chi connectivity index (χ3v) is 6.20. The molecule has 4 rings (SSSR count). The minimum Gasteiger partial charge on any atom is -0.366 e. The predicted octanol–water partition coefficient (Wildman–Crippen LogP) is 5.02. The summed E-state index contributed by atoms with van der Waals surface area (Å²) >= 11 is 3.42. The smallest absolute Gasteiger partial charge is 0.282 e. The van der Waals surface area contributed by atoms with Gasteiger partial charge < -0.3 is 4.90 Å². The molecule has 2 unspecified atom stereocenters. The van der Waals surface area contributed by atoms with Crippen LogP contribution in [0.15, 0.2) is 58.7 Å². The minimum absolute atomic E-state index is 0.228. The van der Waals surface area contributed by atoms with Crippen LogP contribution in [0, 0.1) is 18.8 Å². The molecule has 5 heteroatoms. The first-order valence-electron chi connectivity index (χ1n) is 10.1. The summed E-state index contributed by atoms with van der Waals surface area (Å²) in [6.45, 7) is 8.03. The lowest BCUT2D eigenvalue weighted by atomic mass is 9.91. The summed E-state index contributed by atoms with van der Waals surface area (Å²) in [6, 6.07) is 15.2. The Hall–Kier alpha value is -2.40. The first-order chi connectivity index (χ1) is 13.8.